The molecule has 2 aromatic carbocycles. The second kappa shape index (κ2) is 9.18. The molecule has 1 fully saturated rings. The first kappa shape index (κ1) is 22.3. The van der Waals surface area contributed by atoms with Crippen LogP contribution in [0.1, 0.15) is 61.0 Å². The number of carbonyl (C=O) groups excluding carboxylic acids is 1. The molecule has 1 N–H and O–H groups in total. The average molecular weight is 431 g/mol. The molecule has 30 heavy (non-hydrogen) atoms. The lowest BCUT2D eigenvalue weighted by molar-refractivity contribution is 0.102. The van der Waals surface area contributed by atoms with Gasteiger partial charge in [0.15, 0.2) is 0 Å². The van der Waals surface area contributed by atoms with E-state index in [-0.39, 0.29) is 28.0 Å². The molecule has 1 aliphatic heterocycles. The molecule has 0 spiro atoms. The van der Waals surface area contributed by atoms with Gasteiger partial charge in [0.25, 0.3) is 5.91 Å². The average Bonchev–Trinajstić information content (AvgIpc) is 3.25. The Morgan fingerprint density at radius 1 is 1.17 bits per heavy atom. The van der Waals surface area contributed by atoms with Crippen molar-refractivity contribution in [2.24, 2.45) is 0 Å². The zero-order chi connectivity index (χ0) is 21.9. The highest BCUT2D eigenvalue weighted by atomic mass is 32.2. The molecular formula is C23H30N2O4S. The van der Waals surface area contributed by atoms with Crippen molar-refractivity contribution in [2.45, 2.75) is 51.3 Å². The third-order valence-corrected chi connectivity index (χ3v) is 7.27. The Balaban J connectivity index is 1.98. The van der Waals surface area contributed by atoms with E-state index in [0.717, 1.165) is 29.7 Å². The van der Waals surface area contributed by atoms with E-state index in [4.69, 9.17) is 4.74 Å². The SMILES string of the molecule is CCOc1ccc(C(=O)Nc2c(C)cccc2C(C)C)cc1S(=O)(=O)N1CCCC1. The van der Waals surface area contributed by atoms with Gasteiger partial charge in [0.2, 0.25) is 10.0 Å². The molecule has 0 radical (unpaired) electrons. The van der Waals surface area contributed by atoms with Crippen molar-refractivity contribution in [3.8, 4) is 5.75 Å². The standard InChI is InChI=1S/C23H30N2O4S/c1-5-29-20-12-11-18(15-21(20)30(27,28)25-13-6-7-14-25)23(26)24-22-17(4)9-8-10-19(22)16(2)3/h8-12,15-16H,5-7,13-14H2,1-4H3,(H,24,26). The number of amides is 1. The van der Waals surface area contributed by atoms with Gasteiger partial charge in [-0.2, -0.15) is 4.31 Å². The summed E-state index contributed by atoms with van der Waals surface area (Å²) in [4.78, 5) is 13.1. The summed E-state index contributed by atoms with van der Waals surface area (Å²) in [5.41, 5.74) is 3.06. The summed E-state index contributed by atoms with van der Waals surface area (Å²) in [5, 5.41) is 2.99. The minimum absolute atomic E-state index is 0.0489. The van der Waals surface area contributed by atoms with Gasteiger partial charge < -0.3 is 10.1 Å². The lowest BCUT2D eigenvalue weighted by atomic mass is 9.98. The van der Waals surface area contributed by atoms with Gasteiger partial charge in [0.05, 0.1) is 6.61 Å². The summed E-state index contributed by atoms with van der Waals surface area (Å²) < 4.78 is 33.4. The zero-order valence-electron chi connectivity index (χ0n) is 18.1. The molecule has 1 amide bonds. The van der Waals surface area contributed by atoms with Gasteiger partial charge in [0.1, 0.15) is 10.6 Å². The Kier molecular flexibility index (Phi) is 6.83. The molecule has 2 aromatic rings. The quantitative estimate of drug-likeness (QED) is 0.699. The van der Waals surface area contributed by atoms with Crippen molar-refractivity contribution in [1.82, 2.24) is 4.31 Å². The second-order valence-electron chi connectivity index (χ2n) is 7.85. The van der Waals surface area contributed by atoms with E-state index in [9.17, 15) is 13.2 Å². The van der Waals surface area contributed by atoms with Crippen molar-refractivity contribution in [3.63, 3.8) is 0 Å². The van der Waals surface area contributed by atoms with Crippen LogP contribution in [0.25, 0.3) is 0 Å². The Bertz CT molecular complexity index is 1030. The molecule has 1 saturated heterocycles. The molecule has 0 bridgehead atoms. The zero-order valence-corrected chi connectivity index (χ0v) is 18.9. The maximum Gasteiger partial charge on any atom is 0.255 e. The summed E-state index contributed by atoms with van der Waals surface area (Å²) in [6.45, 7) is 9.22. The lowest BCUT2D eigenvalue weighted by Gasteiger charge is -2.19. The first-order valence-electron chi connectivity index (χ1n) is 10.4. The molecule has 162 valence electrons. The number of nitrogens with zero attached hydrogens (tertiary/aromatic N) is 1. The van der Waals surface area contributed by atoms with Crippen molar-refractivity contribution >= 4 is 21.6 Å². The molecule has 0 aromatic heterocycles. The van der Waals surface area contributed by atoms with Gasteiger partial charge in [-0.25, -0.2) is 8.42 Å². The van der Waals surface area contributed by atoms with Crippen LogP contribution in [0.4, 0.5) is 5.69 Å². The largest absolute Gasteiger partial charge is 0.492 e. The topological polar surface area (TPSA) is 75.7 Å². The molecule has 1 aliphatic rings. The molecule has 0 atom stereocenters. The van der Waals surface area contributed by atoms with Gasteiger partial charge in [-0.1, -0.05) is 32.0 Å². The van der Waals surface area contributed by atoms with Crippen molar-refractivity contribution in [2.75, 3.05) is 25.0 Å². The van der Waals surface area contributed by atoms with Gasteiger partial charge in [-0.05, 0) is 61.9 Å². The van der Waals surface area contributed by atoms with E-state index in [1.165, 1.54) is 10.4 Å². The van der Waals surface area contributed by atoms with Crippen molar-refractivity contribution < 1.29 is 17.9 Å². The van der Waals surface area contributed by atoms with E-state index in [2.05, 4.69) is 19.2 Å². The molecule has 7 heteroatoms. The fourth-order valence-electron chi connectivity index (χ4n) is 3.72. The predicted octanol–water partition coefficient (Wildman–Crippen LogP) is 4.55. The maximum atomic E-state index is 13.2. The maximum absolute atomic E-state index is 13.2. The lowest BCUT2D eigenvalue weighted by Crippen LogP contribution is -2.28. The van der Waals surface area contributed by atoms with Crippen LogP contribution in [0.3, 0.4) is 0 Å². The summed E-state index contributed by atoms with van der Waals surface area (Å²) >= 11 is 0. The number of rotatable bonds is 7. The predicted molar refractivity (Wildman–Crippen MR) is 119 cm³/mol. The van der Waals surface area contributed by atoms with E-state index < -0.39 is 10.0 Å². The van der Waals surface area contributed by atoms with Crippen LogP contribution in [-0.2, 0) is 10.0 Å². The van der Waals surface area contributed by atoms with Crippen LogP contribution in [0.5, 0.6) is 5.75 Å². The summed E-state index contributed by atoms with van der Waals surface area (Å²) in [6.07, 6.45) is 1.68. The number of hydrogen-bond acceptors (Lipinski definition) is 4. The molecule has 0 aliphatic carbocycles. The first-order valence-corrected chi connectivity index (χ1v) is 11.9. The highest BCUT2D eigenvalue weighted by Gasteiger charge is 2.31. The Morgan fingerprint density at radius 2 is 1.87 bits per heavy atom. The Labute approximate surface area is 179 Å². The Hall–Kier alpha value is -2.38. The third kappa shape index (κ3) is 4.52. The van der Waals surface area contributed by atoms with Crippen LogP contribution in [0.15, 0.2) is 41.3 Å². The van der Waals surface area contributed by atoms with Crippen LogP contribution < -0.4 is 10.1 Å². The van der Waals surface area contributed by atoms with Gasteiger partial charge in [-0.3, -0.25) is 4.79 Å². The van der Waals surface area contributed by atoms with Gasteiger partial charge in [-0.15, -0.1) is 0 Å². The minimum Gasteiger partial charge on any atom is -0.492 e. The fraction of sp³-hybridized carbons (Fsp3) is 0.435. The molecule has 0 saturated carbocycles. The van der Waals surface area contributed by atoms with Crippen LogP contribution in [-0.4, -0.2) is 38.3 Å². The van der Waals surface area contributed by atoms with E-state index in [0.29, 0.717) is 19.7 Å². The molecule has 1 heterocycles. The molecule has 6 nitrogen and oxygen atoms in total. The smallest absolute Gasteiger partial charge is 0.255 e. The minimum atomic E-state index is -3.72. The number of nitrogens with one attached hydrogen (secondary N) is 1. The second-order valence-corrected chi connectivity index (χ2v) is 9.76. The fourth-order valence-corrected chi connectivity index (χ4v) is 5.40. The number of aryl methyl sites for hydroxylation is 1. The number of hydrogen-bond donors (Lipinski definition) is 1. The van der Waals surface area contributed by atoms with Gasteiger partial charge in [0, 0.05) is 24.3 Å². The van der Waals surface area contributed by atoms with Crippen molar-refractivity contribution in [1.29, 1.82) is 0 Å². The highest BCUT2D eigenvalue weighted by molar-refractivity contribution is 7.89. The van der Waals surface area contributed by atoms with E-state index >= 15 is 0 Å². The number of benzene rings is 2. The number of anilines is 1. The van der Waals surface area contributed by atoms with Crippen LogP contribution in [0, 0.1) is 6.92 Å². The summed E-state index contributed by atoms with van der Waals surface area (Å²) in [6, 6.07) is 10.5. The summed E-state index contributed by atoms with van der Waals surface area (Å²) in [7, 11) is -3.72. The number of carbonyl (C=O) groups is 1. The number of sulfonamides is 1. The molecule has 0 unspecified atom stereocenters. The van der Waals surface area contributed by atoms with E-state index in [1.807, 2.05) is 25.1 Å². The number of para-hydroxylation sites is 1. The van der Waals surface area contributed by atoms with Gasteiger partial charge >= 0.3 is 0 Å². The monoisotopic (exact) mass is 430 g/mol. The highest BCUT2D eigenvalue weighted by Crippen LogP contribution is 2.32. The molecular weight excluding hydrogens is 400 g/mol. The summed E-state index contributed by atoms with van der Waals surface area (Å²) in [5.74, 6) is 0.179. The number of ether oxygens (including phenoxy) is 1. The Morgan fingerprint density at radius 3 is 2.50 bits per heavy atom. The van der Waals surface area contributed by atoms with Crippen LogP contribution >= 0.6 is 0 Å². The van der Waals surface area contributed by atoms with E-state index in [1.54, 1.807) is 19.1 Å². The normalized spacial score (nSPS) is 14.8. The van der Waals surface area contributed by atoms with Crippen LogP contribution in [0.2, 0.25) is 0 Å². The molecule has 3 rings (SSSR count). The third-order valence-electron chi connectivity index (χ3n) is 5.35. The first-order chi connectivity index (χ1) is 14.3. The van der Waals surface area contributed by atoms with Crippen molar-refractivity contribution in [3.05, 3.63) is 53.1 Å².